The van der Waals surface area contributed by atoms with E-state index in [2.05, 4.69) is 205 Å². The third-order valence-electron chi connectivity index (χ3n) is 10.9. The molecule has 0 saturated heterocycles. The van der Waals surface area contributed by atoms with Crippen LogP contribution in [0.5, 0.6) is 0 Å². The van der Waals surface area contributed by atoms with Crippen LogP contribution in [0.1, 0.15) is 0 Å². The van der Waals surface area contributed by atoms with Gasteiger partial charge in [0.15, 0.2) is 0 Å². The topological polar surface area (TPSA) is 3.24 Å². The van der Waals surface area contributed by atoms with Crippen molar-refractivity contribution in [2.75, 3.05) is 4.90 Å². The number of nitrogens with zero attached hydrogens (tertiary/aromatic N) is 1. The van der Waals surface area contributed by atoms with Gasteiger partial charge in [-0.05, 0) is 81.7 Å². The van der Waals surface area contributed by atoms with E-state index in [4.69, 9.17) is 0 Å². The lowest BCUT2D eigenvalue weighted by atomic mass is 9.98. The van der Waals surface area contributed by atoms with Gasteiger partial charge in [0.1, 0.15) is 0 Å². The molecule has 0 aliphatic rings. The molecule has 0 bridgehead atoms. The van der Waals surface area contributed by atoms with Crippen LogP contribution in [0.15, 0.2) is 200 Å². The molecule has 0 amide bonds. The van der Waals surface area contributed by atoms with Gasteiger partial charge in [-0.15, -0.1) is 22.7 Å². The lowest BCUT2D eigenvalue weighted by Crippen LogP contribution is -2.11. The van der Waals surface area contributed by atoms with Crippen LogP contribution in [0.2, 0.25) is 0 Å². The zero-order valence-electron chi connectivity index (χ0n) is 29.8. The van der Waals surface area contributed by atoms with Crippen molar-refractivity contribution >= 4 is 90.9 Å². The molecular weight excluding hydrogens is 703 g/mol. The predicted octanol–water partition coefficient (Wildman–Crippen LogP) is 16.0. The minimum Gasteiger partial charge on any atom is -0.310 e. The highest BCUT2D eigenvalue weighted by Gasteiger charge is 2.18. The van der Waals surface area contributed by atoms with Crippen LogP contribution in [0, 0.1) is 0 Å². The minimum absolute atomic E-state index is 1.11. The zero-order chi connectivity index (χ0) is 36.3. The summed E-state index contributed by atoms with van der Waals surface area (Å²) in [5.74, 6) is 0. The molecule has 0 unspecified atom stereocenters. The van der Waals surface area contributed by atoms with E-state index in [-0.39, 0.29) is 0 Å². The Morgan fingerprint density at radius 1 is 0.309 bits per heavy atom. The van der Waals surface area contributed by atoms with Gasteiger partial charge in [0.2, 0.25) is 0 Å². The summed E-state index contributed by atoms with van der Waals surface area (Å²) in [5, 5.41) is 7.89. The van der Waals surface area contributed by atoms with Gasteiger partial charge < -0.3 is 4.90 Å². The Bertz CT molecular complexity index is 3190. The molecule has 55 heavy (non-hydrogen) atoms. The van der Waals surface area contributed by atoms with Crippen LogP contribution in [-0.2, 0) is 0 Å². The van der Waals surface area contributed by atoms with E-state index in [1.807, 2.05) is 22.7 Å². The smallest absolute Gasteiger partial charge is 0.0540 e. The lowest BCUT2D eigenvalue weighted by Gasteiger charge is -2.28. The van der Waals surface area contributed by atoms with Crippen molar-refractivity contribution in [2.24, 2.45) is 0 Å². The van der Waals surface area contributed by atoms with Crippen LogP contribution in [0.4, 0.5) is 17.1 Å². The summed E-state index contributed by atoms with van der Waals surface area (Å²) in [6.07, 6.45) is 0. The maximum absolute atomic E-state index is 2.40. The Morgan fingerprint density at radius 2 is 0.836 bits per heavy atom. The lowest BCUT2D eigenvalue weighted by molar-refractivity contribution is 1.28. The summed E-state index contributed by atoms with van der Waals surface area (Å²) in [7, 11) is 0. The standard InChI is InChI=1S/C52H33NS2/c1-2-11-35(12-3-1)41-13-4-7-18-48(41)53(40-30-25-36(26-31-40)42-16-10-17-45-43-14-5-8-19-49(43)54-51(42)45)39-28-23-34(24-29-39)38-22-21-37-27-32-46-44-15-6-9-20-50(44)55-52(46)47(37)33-38/h1-33H. The Kier molecular flexibility index (Phi) is 7.61. The van der Waals surface area contributed by atoms with Gasteiger partial charge in [-0.25, -0.2) is 0 Å². The van der Waals surface area contributed by atoms with Gasteiger partial charge in [0.25, 0.3) is 0 Å². The summed E-state index contributed by atoms with van der Waals surface area (Å²) in [6.45, 7) is 0. The number of anilines is 3. The molecule has 0 atom stereocenters. The summed E-state index contributed by atoms with van der Waals surface area (Å²) < 4.78 is 5.35. The van der Waals surface area contributed by atoms with E-state index in [0.29, 0.717) is 0 Å². The largest absolute Gasteiger partial charge is 0.310 e. The highest BCUT2D eigenvalue weighted by Crippen LogP contribution is 2.44. The van der Waals surface area contributed by atoms with Crippen LogP contribution in [0.3, 0.4) is 0 Å². The van der Waals surface area contributed by atoms with E-state index in [9.17, 15) is 0 Å². The van der Waals surface area contributed by atoms with E-state index in [1.54, 1.807) is 0 Å². The van der Waals surface area contributed by atoms with Crippen LogP contribution < -0.4 is 4.90 Å². The molecule has 0 spiro atoms. The highest BCUT2D eigenvalue weighted by atomic mass is 32.1. The monoisotopic (exact) mass is 735 g/mol. The number of hydrogen-bond donors (Lipinski definition) is 0. The summed E-state index contributed by atoms with van der Waals surface area (Å²) >= 11 is 3.77. The predicted molar refractivity (Wildman–Crippen MR) is 241 cm³/mol. The van der Waals surface area contributed by atoms with Gasteiger partial charge in [0.05, 0.1) is 5.69 Å². The molecule has 0 aliphatic heterocycles. The molecule has 0 aliphatic carbocycles. The van der Waals surface area contributed by atoms with Crippen molar-refractivity contribution in [2.45, 2.75) is 0 Å². The first-order valence-corrected chi connectivity index (χ1v) is 20.3. The van der Waals surface area contributed by atoms with Crippen LogP contribution in [0.25, 0.3) is 84.5 Å². The Morgan fingerprint density at radius 3 is 1.58 bits per heavy atom. The summed E-state index contributed by atoms with van der Waals surface area (Å²) in [4.78, 5) is 2.40. The molecule has 0 fully saturated rings. The Labute approximate surface area is 327 Å². The van der Waals surface area contributed by atoms with E-state index in [1.165, 1.54) is 84.5 Å². The van der Waals surface area contributed by atoms with Crippen LogP contribution in [-0.4, -0.2) is 0 Å². The SMILES string of the molecule is c1ccc(-c2ccccc2N(c2ccc(-c3ccc4ccc5c6ccccc6sc5c4c3)cc2)c2ccc(-c3cccc4c3sc3ccccc34)cc2)cc1. The van der Waals surface area contributed by atoms with Crippen LogP contribution >= 0.6 is 22.7 Å². The molecular formula is C52H33NS2. The van der Waals surface area contributed by atoms with Gasteiger partial charge in [-0.1, -0.05) is 152 Å². The fourth-order valence-corrected chi connectivity index (χ4v) is 10.7. The Balaban J connectivity index is 1.02. The van der Waals surface area contributed by atoms with Gasteiger partial charge >= 0.3 is 0 Å². The quantitative estimate of drug-likeness (QED) is 0.164. The molecule has 11 rings (SSSR count). The van der Waals surface area contributed by atoms with Crippen molar-refractivity contribution in [1.29, 1.82) is 0 Å². The average molecular weight is 736 g/mol. The highest BCUT2D eigenvalue weighted by molar-refractivity contribution is 7.27. The van der Waals surface area contributed by atoms with Crippen molar-refractivity contribution in [3.8, 4) is 33.4 Å². The fourth-order valence-electron chi connectivity index (χ4n) is 8.21. The molecule has 0 saturated carbocycles. The molecule has 0 N–H and O–H groups in total. The second-order valence-electron chi connectivity index (χ2n) is 14.1. The molecule has 9 aromatic carbocycles. The average Bonchev–Trinajstić information content (AvgIpc) is 3.84. The van der Waals surface area contributed by atoms with E-state index in [0.717, 1.165) is 17.1 Å². The summed E-state index contributed by atoms with van der Waals surface area (Å²) in [6, 6.07) is 73.3. The van der Waals surface area contributed by atoms with Crippen molar-refractivity contribution in [3.05, 3.63) is 200 Å². The van der Waals surface area contributed by atoms with Crippen molar-refractivity contribution in [1.82, 2.24) is 0 Å². The molecule has 3 heteroatoms. The maximum atomic E-state index is 2.40. The van der Waals surface area contributed by atoms with Gasteiger partial charge in [0, 0.05) is 62.7 Å². The number of para-hydroxylation sites is 1. The van der Waals surface area contributed by atoms with E-state index >= 15 is 0 Å². The zero-order valence-corrected chi connectivity index (χ0v) is 31.4. The van der Waals surface area contributed by atoms with Gasteiger partial charge in [-0.3, -0.25) is 0 Å². The first kappa shape index (κ1) is 32.0. The fraction of sp³-hybridized carbons (Fsp3) is 0. The molecule has 2 aromatic heterocycles. The first-order chi connectivity index (χ1) is 27.3. The normalized spacial score (nSPS) is 11.6. The second-order valence-corrected chi connectivity index (χ2v) is 16.2. The van der Waals surface area contributed by atoms with Crippen molar-refractivity contribution < 1.29 is 0 Å². The number of thiophene rings is 2. The maximum Gasteiger partial charge on any atom is 0.0540 e. The number of benzene rings is 9. The Hall–Kier alpha value is -6.52. The third-order valence-corrected chi connectivity index (χ3v) is 13.3. The molecule has 11 aromatic rings. The first-order valence-electron chi connectivity index (χ1n) is 18.7. The van der Waals surface area contributed by atoms with Gasteiger partial charge in [-0.2, -0.15) is 0 Å². The second kappa shape index (κ2) is 13.1. The molecule has 0 radical (unpaired) electrons. The molecule has 2 heterocycles. The summed E-state index contributed by atoms with van der Waals surface area (Å²) in [5.41, 5.74) is 10.7. The number of hydrogen-bond acceptors (Lipinski definition) is 3. The van der Waals surface area contributed by atoms with E-state index < -0.39 is 0 Å². The number of rotatable bonds is 6. The molecule has 1 nitrogen and oxygen atoms in total. The molecule has 258 valence electrons. The minimum atomic E-state index is 1.11. The van der Waals surface area contributed by atoms with Crippen molar-refractivity contribution in [3.63, 3.8) is 0 Å². The number of fused-ring (bicyclic) bond motifs is 8. The third kappa shape index (κ3) is 5.43.